The van der Waals surface area contributed by atoms with Crippen molar-refractivity contribution < 1.29 is 14.7 Å². The Morgan fingerprint density at radius 2 is 2.11 bits per heavy atom. The highest BCUT2D eigenvalue weighted by Gasteiger charge is 2.23. The minimum atomic E-state index is -1.04. The molecule has 0 aliphatic carbocycles. The van der Waals surface area contributed by atoms with Gasteiger partial charge in [0.25, 0.3) is 5.91 Å². The summed E-state index contributed by atoms with van der Waals surface area (Å²) in [6, 6.07) is -0.889. The minimum absolute atomic E-state index is 0.180. The lowest BCUT2D eigenvalue weighted by Crippen LogP contribution is -2.41. The third-order valence-corrected chi connectivity index (χ3v) is 3.32. The van der Waals surface area contributed by atoms with Crippen LogP contribution in [0.15, 0.2) is 0 Å². The van der Waals surface area contributed by atoms with Crippen molar-refractivity contribution in [2.45, 2.75) is 33.2 Å². The predicted octanol–water partition coefficient (Wildman–Crippen LogP) is 1.26. The zero-order valence-electron chi connectivity index (χ0n) is 10.6. The first-order chi connectivity index (χ1) is 8.31. The summed E-state index contributed by atoms with van der Waals surface area (Å²) < 4.78 is 0. The molecule has 1 unspecified atom stereocenters. The monoisotopic (exact) mass is 271 g/mol. The summed E-state index contributed by atoms with van der Waals surface area (Å²) in [6.07, 6.45) is 0.383. The number of aliphatic carboxylic acids is 1. The van der Waals surface area contributed by atoms with E-state index in [1.54, 1.807) is 6.92 Å². The van der Waals surface area contributed by atoms with Crippen molar-refractivity contribution >= 4 is 28.3 Å². The van der Waals surface area contributed by atoms with Gasteiger partial charge in [-0.3, -0.25) is 4.79 Å². The molecule has 1 heterocycles. The molecule has 1 aromatic rings. The topological polar surface area (TPSA) is 105 Å². The van der Waals surface area contributed by atoms with Gasteiger partial charge in [-0.15, -0.1) is 0 Å². The standard InChI is InChI=1S/C11H17N3O3S/c1-5(2)4-7(10(16)17)14-9(15)8-6(3)13-11(12)18-8/h5,7H,4H2,1-3H3,(H2,12,13)(H,14,15)(H,16,17). The molecule has 0 aliphatic rings. The van der Waals surface area contributed by atoms with Gasteiger partial charge in [0.05, 0.1) is 5.69 Å². The van der Waals surface area contributed by atoms with E-state index >= 15 is 0 Å². The fourth-order valence-corrected chi connectivity index (χ4v) is 2.28. The van der Waals surface area contributed by atoms with Gasteiger partial charge in [0.2, 0.25) is 0 Å². The van der Waals surface area contributed by atoms with E-state index in [1.807, 2.05) is 13.8 Å². The number of hydrogen-bond acceptors (Lipinski definition) is 5. The number of carbonyl (C=O) groups is 2. The van der Waals surface area contributed by atoms with Crippen LogP contribution < -0.4 is 11.1 Å². The highest BCUT2D eigenvalue weighted by Crippen LogP contribution is 2.19. The number of carboxylic acids is 1. The number of nitrogens with zero attached hydrogens (tertiary/aromatic N) is 1. The first kappa shape index (κ1) is 14.4. The third kappa shape index (κ3) is 3.69. The number of nitrogen functional groups attached to an aromatic ring is 1. The molecule has 0 saturated heterocycles. The maximum absolute atomic E-state index is 11.9. The van der Waals surface area contributed by atoms with Crippen molar-refractivity contribution in [1.82, 2.24) is 10.3 Å². The Morgan fingerprint density at radius 3 is 2.50 bits per heavy atom. The second-order valence-electron chi connectivity index (χ2n) is 4.46. The molecule has 100 valence electrons. The van der Waals surface area contributed by atoms with Crippen LogP contribution in [0, 0.1) is 12.8 Å². The van der Waals surface area contributed by atoms with E-state index in [9.17, 15) is 9.59 Å². The molecule has 4 N–H and O–H groups in total. The van der Waals surface area contributed by atoms with E-state index in [1.165, 1.54) is 0 Å². The second kappa shape index (κ2) is 5.81. The number of aryl methyl sites for hydroxylation is 1. The summed E-state index contributed by atoms with van der Waals surface area (Å²) >= 11 is 1.06. The van der Waals surface area contributed by atoms with Crippen LogP contribution in [0.25, 0.3) is 0 Å². The Balaban J connectivity index is 2.78. The Hall–Kier alpha value is -1.63. The largest absolute Gasteiger partial charge is 0.480 e. The molecule has 0 radical (unpaired) electrons. The summed E-state index contributed by atoms with van der Waals surface area (Å²) in [5.41, 5.74) is 6.02. The van der Waals surface area contributed by atoms with Crippen molar-refractivity contribution in [3.05, 3.63) is 10.6 Å². The van der Waals surface area contributed by atoms with Gasteiger partial charge in [-0.2, -0.15) is 0 Å². The number of anilines is 1. The number of thiazole rings is 1. The molecule has 0 spiro atoms. The molecule has 0 saturated carbocycles. The highest BCUT2D eigenvalue weighted by atomic mass is 32.1. The van der Waals surface area contributed by atoms with Gasteiger partial charge in [0, 0.05) is 0 Å². The summed E-state index contributed by atoms with van der Waals surface area (Å²) in [5, 5.41) is 11.8. The van der Waals surface area contributed by atoms with Gasteiger partial charge in [0.15, 0.2) is 5.13 Å². The molecule has 6 nitrogen and oxygen atoms in total. The fraction of sp³-hybridized carbons (Fsp3) is 0.545. The average molecular weight is 271 g/mol. The van der Waals surface area contributed by atoms with E-state index in [0.717, 1.165) is 11.3 Å². The molecular weight excluding hydrogens is 254 g/mol. The zero-order chi connectivity index (χ0) is 13.9. The first-order valence-electron chi connectivity index (χ1n) is 5.57. The maximum Gasteiger partial charge on any atom is 0.326 e. The smallest absolute Gasteiger partial charge is 0.326 e. The molecule has 0 bridgehead atoms. The van der Waals surface area contributed by atoms with Crippen LogP contribution in [0.4, 0.5) is 5.13 Å². The molecule has 1 rings (SSSR count). The maximum atomic E-state index is 11.9. The van der Waals surface area contributed by atoms with Gasteiger partial charge in [-0.25, -0.2) is 9.78 Å². The summed E-state index contributed by atoms with van der Waals surface area (Å²) in [4.78, 5) is 27.3. The molecule has 0 aliphatic heterocycles. The molecular formula is C11H17N3O3S. The van der Waals surface area contributed by atoms with Crippen LogP contribution in [0.3, 0.4) is 0 Å². The molecule has 18 heavy (non-hydrogen) atoms. The lowest BCUT2D eigenvalue weighted by atomic mass is 10.0. The Labute approximate surface area is 109 Å². The molecule has 7 heteroatoms. The number of rotatable bonds is 5. The van der Waals surface area contributed by atoms with Crippen LogP contribution in [0.5, 0.6) is 0 Å². The van der Waals surface area contributed by atoms with Crippen LogP contribution in [0.1, 0.15) is 35.6 Å². The Bertz CT molecular complexity index is 456. The fourth-order valence-electron chi connectivity index (χ4n) is 1.54. The number of carboxylic acid groups (broad SMARTS) is 1. The lowest BCUT2D eigenvalue weighted by Gasteiger charge is -2.15. The summed E-state index contributed by atoms with van der Waals surface area (Å²) in [5.74, 6) is -1.29. The summed E-state index contributed by atoms with van der Waals surface area (Å²) in [7, 11) is 0. The second-order valence-corrected chi connectivity index (χ2v) is 5.49. The molecule has 0 aromatic carbocycles. The highest BCUT2D eigenvalue weighted by molar-refractivity contribution is 7.17. The molecule has 1 amide bonds. The van der Waals surface area contributed by atoms with Crippen LogP contribution in [-0.4, -0.2) is 28.0 Å². The number of amides is 1. The Kier molecular flexibility index (Phi) is 4.66. The van der Waals surface area contributed by atoms with E-state index in [2.05, 4.69) is 10.3 Å². The van der Waals surface area contributed by atoms with Gasteiger partial charge in [-0.1, -0.05) is 25.2 Å². The average Bonchev–Trinajstić information content (AvgIpc) is 2.56. The number of carbonyl (C=O) groups excluding carboxylic acids is 1. The van der Waals surface area contributed by atoms with Crippen LogP contribution in [-0.2, 0) is 4.79 Å². The van der Waals surface area contributed by atoms with Gasteiger partial charge in [-0.05, 0) is 19.3 Å². The summed E-state index contributed by atoms with van der Waals surface area (Å²) in [6.45, 7) is 5.47. The minimum Gasteiger partial charge on any atom is -0.480 e. The number of nitrogens with two attached hydrogens (primary N) is 1. The van der Waals surface area contributed by atoms with Gasteiger partial charge < -0.3 is 16.2 Å². The normalized spacial score (nSPS) is 12.4. The van der Waals surface area contributed by atoms with E-state index in [-0.39, 0.29) is 5.92 Å². The Morgan fingerprint density at radius 1 is 1.50 bits per heavy atom. The zero-order valence-corrected chi connectivity index (χ0v) is 11.4. The molecule has 1 atom stereocenters. The van der Waals surface area contributed by atoms with E-state index in [0.29, 0.717) is 22.1 Å². The third-order valence-electron chi connectivity index (χ3n) is 2.33. The van der Waals surface area contributed by atoms with Crippen LogP contribution >= 0.6 is 11.3 Å². The predicted molar refractivity (Wildman–Crippen MR) is 69.6 cm³/mol. The molecule has 1 aromatic heterocycles. The van der Waals surface area contributed by atoms with E-state index < -0.39 is 17.9 Å². The number of nitrogens with one attached hydrogen (secondary N) is 1. The molecule has 0 fully saturated rings. The van der Waals surface area contributed by atoms with Crippen molar-refractivity contribution in [2.75, 3.05) is 5.73 Å². The first-order valence-corrected chi connectivity index (χ1v) is 6.39. The van der Waals surface area contributed by atoms with Crippen LogP contribution in [0.2, 0.25) is 0 Å². The van der Waals surface area contributed by atoms with Crippen molar-refractivity contribution in [2.24, 2.45) is 5.92 Å². The quantitative estimate of drug-likeness (QED) is 0.747. The number of aromatic nitrogens is 1. The number of hydrogen-bond donors (Lipinski definition) is 3. The van der Waals surface area contributed by atoms with Gasteiger partial charge in [0.1, 0.15) is 10.9 Å². The van der Waals surface area contributed by atoms with Crippen molar-refractivity contribution in [3.8, 4) is 0 Å². The van der Waals surface area contributed by atoms with Crippen molar-refractivity contribution in [1.29, 1.82) is 0 Å². The SMILES string of the molecule is Cc1nc(N)sc1C(=O)NC(CC(C)C)C(=O)O. The van der Waals surface area contributed by atoms with Gasteiger partial charge >= 0.3 is 5.97 Å². The van der Waals surface area contributed by atoms with Crippen molar-refractivity contribution in [3.63, 3.8) is 0 Å². The van der Waals surface area contributed by atoms with E-state index in [4.69, 9.17) is 10.8 Å². The lowest BCUT2D eigenvalue weighted by molar-refractivity contribution is -0.139.